The second kappa shape index (κ2) is 11.5. The summed E-state index contributed by atoms with van der Waals surface area (Å²) in [6, 6.07) is 12.4. The van der Waals surface area contributed by atoms with Gasteiger partial charge in [0.05, 0.1) is 4.92 Å². The lowest BCUT2D eigenvalue weighted by molar-refractivity contribution is -0.384. The highest BCUT2D eigenvalue weighted by atomic mass is 16.6. The van der Waals surface area contributed by atoms with Crippen molar-refractivity contribution in [1.82, 2.24) is 4.90 Å². The van der Waals surface area contributed by atoms with Gasteiger partial charge in [-0.2, -0.15) is 0 Å². The van der Waals surface area contributed by atoms with Crippen molar-refractivity contribution in [3.63, 3.8) is 0 Å². The van der Waals surface area contributed by atoms with Gasteiger partial charge in [0.25, 0.3) is 11.6 Å². The number of benzene rings is 2. The lowest BCUT2D eigenvalue weighted by Gasteiger charge is -2.31. The molecule has 2 fully saturated rings. The smallest absolute Gasteiger partial charge is 0.293 e. The second-order valence-electron chi connectivity index (χ2n) is 10.0. The summed E-state index contributed by atoms with van der Waals surface area (Å²) in [5, 5.41) is 14.6. The largest absolute Gasteiger partial charge is 0.369 e. The number of rotatable bonds is 8. The fraction of sp³-hybridized carbons (Fsp3) is 0.481. The summed E-state index contributed by atoms with van der Waals surface area (Å²) in [4.78, 5) is 39.9. The van der Waals surface area contributed by atoms with Gasteiger partial charge in [-0.15, -0.1) is 0 Å². The van der Waals surface area contributed by atoms with E-state index in [9.17, 15) is 19.7 Å². The number of anilines is 2. The molecule has 2 aliphatic heterocycles. The Bertz CT molecular complexity index is 1090. The minimum absolute atomic E-state index is 0.00429. The van der Waals surface area contributed by atoms with Crippen LogP contribution < -0.4 is 16.0 Å². The standard InChI is InChI=1S/C27H35N5O4/c1-19-8-16-31(17-9-19)24-7-4-22(18-25(24)32(35)36)27(34)29-23-5-2-20(3-6-23)10-13-30-14-11-21(12-15-30)26(28)33/h2-7,18-19,21H,8-17H2,1H3,(H2,28,33)(H,29,34). The molecule has 3 N–H and O–H groups in total. The molecule has 0 atom stereocenters. The third-order valence-electron chi connectivity index (χ3n) is 7.48. The van der Waals surface area contributed by atoms with E-state index >= 15 is 0 Å². The first-order valence-electron chi connectivity index (χ1n) is 12.8. The number of carbonyl (C=O) groups is 2. The number of primary amides is 1. The molecule has 192 valence electrons. The van der Waals surface area contributed by atoms with Crippen molar-refractivity contribution in [2.24, 2.45) is 17.6 Å². The minimum Gasteiger partial charge on any atom is -0.369 e. The fourth-order valence-electron chi connectivity index (χ4n) is 5.01. The predicted molar refractivity (Wildman–Crippen MR) is 140 cm³/mol. The fourth-order valence-corrected chi connectivity index (χ4v) is 5.01. The average Bonchev–Trinajstić information content (AvgIpc) is 2.88. The first-order chi connectivity index (χ1) is 17.3. The van der Waals surface area contributed by atoms with Crippen molar-refractivity contribution >= 4 is 28.9 Å². The van der Waals surface area contributed by atoms with Crippen molar-refractivity contribution in [3.8, 4) is 0 Å². The number of piperidine rings is 2. The van der Waals surface area contributed by atoms with Crippen LogP contribution in [0.1, 0.15) is 48.5 Å². The SMILES string of the molecule is CC1CCN(c2ccc(C(=O)Nc3ccc(CCN4CCC(C(N)=O)CC4)cc3)cc2[N+](=O)[O-])CC1. The van der Waals surface area contributed by atoms with Crippen molar-refractivity contribution in [2.45, 2.75) is 39.0 Å². The van der Waals surface area contributed by atoms with E-state index in [1.807, 2.05) is 29.2 Å². The van der Waals surface area contributed by atoms with E-state index in [1.54, 1.807) is 12.1 Å². The molecule has 2 aromatic rings. The zero-order chi connectivity index (χ0) is 25.7. The lowest BCUT2D eigenvalue weighted by atomic mass is 9.96. The Hall–Kier alpha value is -3.46. The third-order valence-corrected chi connectivity index (χ3v) is 7.48. The molecule has 2 aliphatic rings. The number of nitrogens with two attached hydrogens (primary N) is 1. The molecule has 0 unspecified atom stereocenters. The average molecular weight is 494 g/mol. The third kappa shape index (κ3) is 6.40. The van der Waals surface area contributed by atoms with Gasteiger partial charge in [-0.25, -0.2) is 0 Å². The zero-order valence-corrected chi connectivity index (χ0v) is 20.8. The highest BCUT2D eigenvalue weighted by Gasteiger charge is 2.25. The molecule has 36 heavy (non-hydrogen) atoms. The molecular weight excluding hydrogens is 458 g/mol. The zero-order valence-electron chi connectivity index (χ0n) is 20.8. The molecule has 4 rings (SSSR count). The van der Waals surface area contributed by atoms with Crippen LogP contribution in [0.25, 0.3) is 0 Å². The Balaban J connectivity index is 1.33. The Morgan fingerprint density at radius 3 is 2.31 bits per heavy atom. The van der Waals surface area contributed by atoms with E-state index in [4.69, 9.17) is 5.73 Å². The van der Waals surface area contributed by atoms with Crippen LogP contribution in [0, 0.1) is 22.0 Å². The summed E-state index contributed by atoms with van der Waals surface area (Å²) < 4.78 is 0. The summed E-state index contributed by atoms with van der Waals surface area (Å²) in [7, 11) is 0. The summed E-state index contributed by atoms with van der Waals surface area (Å²) in [5.41, 5.74) is 8.01. The van der Waals surface area contributed by atoms with Crippen LogP contribution in [-0.2, 0) is 11.2 Å². The number of likely N-dealkylation sites (tertiary alicyclic amines) is 1. The predicted octanol–water partition coefficient (Wildman–Crippen LogP) is 3.82. The van der Waals surface area contributed by atoms with E-state index in [-0.39, 0.29) is 29.0 Å². The summed E-state index contributed by atoms with van der Waals surface area (Å²) in [5.74, 6) is 0.0457. The van der Waals surface area contributed by atoms with Gasteiger partial charge in [0.15, 0.2) is 0 Å². The Kier molecular flexibility index (Phi) is 8.20. The highest BCUT2D eigenvalue weighted by Crippen LogP contribution is 2.32. The van der Waals surface area contributed by atoms with Crippen LogP contribution in [0.2, 0.25) is 0 Å². The summed E-state index contributed by atoms with van der Waals surface area (Å²) in [6.07, 6.45) is 4.51. The molecule has 2 saturated heterocycles. The molecule has 2 amide bonds. The van der Waals surface area contributed by atoms with Gasteiger partial charge in [-0.05, 0) is 80.9 Å². The Morgan fingerprint density at radius 2 is 1.69 bits per heavy atom. The topological polar surface area (TPSA) is 122 Å². The lowest BCUT2D eigenvalue weighted by Crippen LogP contribution is -2.39. The number of amides is 2. The maximum absolute atomic E-state index is 12.8. The number of hydrogen-bond donors (Lipinski definition) is 2. The maximum Gasteiger partial charge on any atom is 0.293 e. The molecule has 0 aromatic heterocycles. The molecule has 0 spiro atoms. The minimum atomic E-state index is -0.407. The van der Waals surface area contributed by atoms with Gasteiger partial charge < -0.3 is 20.9 Å². The number of nitrogens with zero attached hydrogens (tertiary/aromatic N) is 3. The van der Waals surface area contributed by atoms with Crippen LogP contribution in [0.15, 0.2) is 42.5 Å². The van der Waals surface area contributed by atoms with E-state index in [0.717, 1.165) is 70.4 Å². The molecule has 2 aromatic carbocycles. The van der Waals surface area contributed by atoms with Gasteiger partial charge in [0, 0.05) is 42.9 Å². The van der Waals surface area contributed by atoms with Crippen molar-refractivity contribution in [1.29, 1.82) is 0 Å². The molecule has 0 radical (unpaired) electrons. The molecule has 0 bridgehead atoms. The van der Waals surface area contributed by atoms with Crippen molar-refractivity contribution in [3.05, 3.63) is 63.7 Å². The maximum atomic E-state index is 12.8. The van der Waals surface area contributed by atoms with Gasteiger partial charge in [0.2, 0.25) is 5.91 Å². The summed E-state index contributed by atoms with van der Waals surface area (Å²) >= 11 is 0. The number of nitrogens with one attached hydrogen (secondary N) is 1. The van der Waals surface area contributed by atoms with Gasteiger partial charge in [-0.1, -0.05) is 19.1 Å². The van der Waals surface area contributed by atoms with Crippen LogP contribution in [0.5, 0.6) is 0 Å². The first kappa shape index (κ1) is 25.6. The molecule has 9 nitrogen and oxygen atoms in total. The monoisotopic (exact) mass is 493 g/mol. The van der Waals surface area contributed by atoms with Gasteiger partial charge in [0.1, 0.15) is 5.69 Å². The van der Waals surface area contributed by atoms with E-state index in [0.29, 0.717) is 17.3 Å². The highest BCUT2D eigenvalue weighted by molar-refractivity contribution is 6.05. The van der Waals surface area contributed by atoms with Crippen LogP contribution in [0.4, 0.5) is 17.1 Å². The Labute approximate surface area is 211 Å². The molecule has 2 heterocycles. The van der Waals surface area contributed by atoms with Crippen LogP contribution >= 0.6 is 0 Å². The number of carbonyl (C=O) groups excluding carboxylic acids is 2. The number of nitro benzene ring substituents is 1. The molecule has 0 aliphatic carbocycles. The van der Waals surface area contributed by atoms with E-state index in [1.165, 1.54) is 6.07 Å². The van der Waals surface area contributed by atoms with Crippen LogP contribution in [0.3, 0.4) is 0 Å². The second-order valence-corrected chi connectivity index (χ2v) is 10.0. The molecule has 9 heteroatoms. The Morgan fingerprint density at radius 1 is 1.03 bits per heavy atom. The van der Waals surface area contributed by atoms with Gasteiger partial charge in [-0.3, -0.25) is 19.7 Å². The van der Waals surface area contributed by atoms with E-state index < -0.39 is 4.92 Å². The molecular formula is C27H35N5O4. The normalized spacial score (nSPS) is 17.6. The van der Waals surface area contributed by atoms with Crippen molar-refractivity contribution < 1.29 is 14.5 Å². The number of nitro groups is 1. The first-order valence-corrected chi connectivity index (χ1v) is 12.8. The van der Waals surface area contributed by atoms with Crippen LogP contribution in [-0.4, -0.2) is 54.4 Å². The quantitative estimate of drug-likeness (QED) is 0.426. The van der Waals surface area contributed by atoms with Gasteiger partial charge >= 0.3 is 0 Å². The van der Waals surface area contributed by atoms with E-state index in [2.05, 4.69) is 17.1 Å². The molecule has 0 saturated carbocycles. The summed E-state index contributed by atoms with van der Waals surface area (Å²) in [6.45, 7) is 6.43. The number of hydrogen-bond acceptors (Lipinski definition) is 6. The van der Waals surface area contributed by atoms with Crippen molar-refractivity contribution in [2.75, 3.05) is 42.9 Å².